The minimum atomic E-state index is -0.252. The summed E-state index contributed by atoms with van der Waals surface area (Å²) in [4.78, 5) is 27.5. The number of aromatic nitrogens is 1. The van der Waals surface area contributed by atoms with E-state index < -0.39 is 0 Å². The van der Waals surface area contributed by atoms with Gasteiger partial charge in [-0.25, -0.2) is 0 Å². The van der Waals surface area contributed by atoms with Gasteiger partial charge in [0, 0.05) is 19.6 Å². The number of ether oxygens (including phenoxy) is 2. The smallest absolute Gasteiger partial charge is 0.310 e. The summed E-state index contributed by atoms with van der Waals surface area (Å²) >= 11 is 5.17. The number of carbonyl (C=O) groups excluding carboxylic acids is 2. The van der Waals surface area contributed by atoms with Gasteiger partial charge in [0.05, 0.1) is 33.6 Å². The third-order valence-corrected chi connectivity index (χ3v) is 7.18. The maximum atomic E-state index is 13.5. The van der Waals surface area contributed by atoms with Crippen molar-refractivity contribution in [2.24, 2.45) is 5.92 Å². The Morgan fingerprint density at radius 3 is 2.71 bits per heavy atom. The van der Waals surface area contributed by atoms with Gasteiger partial charge in [0.25, 0.3) is 5.91 Å². The quantitative estimate of drug-likeness (QED) is 0.446. The molecule has 1 aliphatic rings. The Labute approximate surface area is 193 Å². The summed E-state index contributed by atoms with van der Waals surface area (Å²) in [5.41, 5.74) is 2.75. The van der Waals surface area contributed by atoms with Crippen LogP contribution in [0.3, 0.4) is 0 Å². The minimum Gasteiger partial charge on any atom is -0.497 e. The van der Waals surface area contributed by atoms with E-state index in [0.29, 0.717) is 31.9 Å². The number of nitrogens with zero attached hydrogens (tertiary/aromatic N) is 2. The van der Waals surface area contributed by atoms with Crippen LogP contribution in [0, 0.1) is 5.92 Å². The van der Waals surface area contributed by atoms with Crippen LogP contribution >= 0.6 is 27.3 Å². The molecule has 1 saturated heterocycles. The van der Waals surface area contributed by atoms with Gasteiger partial charge in [0.1, 0.15) is 11.4 Å². The van der Waals surface area contributed by atoms with Gasteiger partial charge in [-0.05, 0) is 65.5 Å². The Hall–Kier alpha value is -2.32. The minimum absolute atomic E-state index is 0.0398. The van der Waals surface area contributed by atoms with Gasteiger partial charge in [-0.2, -0.15) is 0 Å². The van der Waals surface area contributed by atoms with Crippen LogP contribution < -0.4 is 4.74 Å². The highest BCUT2D eigenvalue weighted by Crippen LogP contribution is 2.34. The van der Waals surface area contributed by atoms with Gasteiger partial charge < -0.3 is 18.9 Å². The Kier molecular flexibility index (Phi) is 6.67. The summed E-state index contributed by atoms with van der Waals surface area (Å²) in [5, 5.41) is 0. The molecule has 0 N–H and O–H groups in total. The van der Waals surface area contributed by atoms with E-state index in [1.165, 1.54) is 0 Å². The summed E-state index contributed by atoms with van der Waals surface area (Å²) < 4.78 is 14.6. The van der Waals surface area contributed by atoms with Crippen molar-refractivity contribution in [3.05, 3.63) is 51.4 Å². The molecular formula is C23H25BrN2O4S. The fraction of sp³-hybridized carbons (Fsp3) is 0.391. The van der Waals surface area contributed by atoms with Gasteiger partial charge in [0.2, 0.25) is 0 Å². The van der Waals surface area contributed by atoms with Crippen LogP contribution in [-0.4, -0.2) is 48.1 Å². The van der Waals surface area contributed by atoms with E-state index in [1.807, 2.05) is 30.3 Å². The molecule has 1 unspecified atom stereocenters. The van der Waals surface area contributed by atoms with E-state index in [4.69, 9.17) is 9.47 Å². The number of hydrogen-bond acceptors (Lipinski definition) is 5. The number of thiophene rings is 1. The van der Waals surface area contributed by atoms with Gasteiger partial charge in [-0.15, -0.1) is 11.3 Å². The number of benzene rings is 1. The molecular weight excluding hydrogens is 480 g/mol. The predicted molar refractivity (Wildman–Crippen MR) is 125 cm³/mol. The molecule has 3 heterocycles. The second kappa shape index (κ2) is 9.44. The summed E-state index contributed by atoms with van der Waals surface area (Å²) in [5.74, 6) is 0.299. The number of fused-ring (bicyclic) bond motifs is 1. The molecule has 1 fully saturated rings. The number of halogens is 1. The van der Waals surface area contributed by atoms with Crippen LogP contribution in [0.15, 0.2) is 40.2 Å². The molecule has 0 spiro atoms. The van der Waals surface area contributed by atoms with Crippen molar-refractivity contribution < 1.29 is 19.1 Å². The first kappa shape index (κ1) is 21.9. The predicted octanol–water partition coefficient (Wildman–Crippen LogP) is 4.94. The Bertz CT molecular complexity index is 1090. The highest BCUT2D eigenvalue weighted by molar-refractivity contribution is 9.11. The number of piperidine rings is 1. The number of likely N-dealkylation sites (tertiary alicyclic amines) is 1. The van der Waals surface area contributed by atoms with E-state index in [0.717, 1.165) is 38.2 Å². The van der Waals surface area contributed by atoms with Crippen molar-refractivity contribution in [2.45, 2.75) is 26.3 Å². The maximum Gasteiger partial charge on any atom is 0.310 e. The van der Waals surface area contributed by atoms with Crippen LogP contribution in [0.5, 0.6) is 5.75 Å². The molecule has 1 aromatic carbocycles. The molecule has 164 valence electrons. The lowest BCUT2D eigenvalue weighted by Gasteiger charge is -2.31. The fourth-order valence-corrected chi connectivity index (χ4v) is 5.61. The molecule has 0 radical (unpaired) electrons. The van der Waals surface area contributed by atoms with Crippen molar-refractivity contribution in [2.75, 3.05) is 26.8 Å². The Balaban J connectivity index is 1.63. The lowest BCUT2D eigenvalue weighted by Crippen LogP contribution is -2.43. The molecule has 4 rings (SSSR count). The molecule has 1 amide bonds. The zero-order chi connectivity index (χ0) is 22.0. The first-order valence-corrected chi connectivity index (χ1v) is 12.0. The molecule has 0 saturated carbocycles. The van der Waals surface area contributed by atoms with Crippen molar-refractivity contribution >= 4 is 49.4 Å². The summed E-state index contributed by atoms with van der Waals surface area (Å²) in [6.45, 7) is 3.80. The Morgan fingerprint density at radius 2 is 2.00 bits per heavy atom. The molecule has 0 bridgehead atoms. The average molecular weight is 505 g/mol. The summed E-state index contributed by atoms with van der Waals surface area (Å²) in [6.07, 6.45) is 1.56. The van der Waals surface area contributed by atoms with Crippen LogP contribution in [-0.2, 0) is 16.1 Å². The largest absolute Gasteiger partial charge is 0.497 e. The maximum absolute atomic E-state index is 13.5. The standard InChI is InChI=1S/C23H25BrN2O4S/c1-3-30-23(28)16-5-4-10-25(14-16)22(27)19-11-20-18(12-21(24)31-20)26(19)13-15-6-8-17(29-2)9-7-15/h6-9,11-12,16H,3-5,10,13-14H2,1-2H3. The molecule has 1 atom stereocenters. The number of carbonyl (C=O) groups is 2. The van der Waals surface area contributed by atoms with Gasteiger partial charge >= 0.3 is 5.97 Å². The lowest BCUT2D eigenvalue weighted by atomic mass is 9.98. The van der Waals surface area contributed by atoms with Crippen molar-refractivity contribution in [3.8, 4) is 5.75 Å². The Morgan fingerprint density at radius 1 is 1.23 bits per heavy atom. The fourth-order valence-electron chi connectivity index (χ4n) is 4.05. The van der Waals surface area contributed by atoms with Crippen LogP contribution in [0.1, 0.15) is 35.8 Å². The number of rotatable bonds is 6. The van der Waals surface area contributed by atoms with E-state index in [-0.39, 0.29) is 17.8 Å². The third kappa shape index (κ3) is 4.65. The normalized spacial score (nSPS) is 16.5. The van der Waals surface area contributed by atoms with Crippen molar-refractivity contribution in [1.29, 1.82) is 0 Å². The van der Waals surface area contributed by atoms with Gasteiger partial charge in [0.15, 0.2) is 0 Å². The second-order valence-electron chi connectivity index (χ2n) is 7.61. The second-order valence-corrected chi connectivity index (χ2v) is 10.1. The van der Waals surface area contributed by atoms with E-state index in [9.17, 15) is 9.59 Å². The molecule has 1 aliphatic heterocycles. The molecule has 6 nitrogen and oxygen atoms in total. The monoisotopic (exact) mass is 504 g/mol. The lowest BCUT2D eigenvalue weighted by molar-refractivity contribution is -0.149. The van der Waals surface area contributed by atoms with E-state index in [1.54, 1.807) is 30.3 Å². The van der Waals surface area contributed by atoms with Gasteiger partial charge in [-0.1, -0.05) is 12.1 Å². The van der Waals surface area contributed by atoms with Crippen molar-refractivity contribution in [3.63, 3.8) is 0 Å². The topological polar surface area (TPSA) is 60.8 Å². The third-order valence-electron chi connectivity index (χ3n) is 5.61. The van der Waals surface area contributed by atoms with Gasteiger partial charge in [-0.3, -0.25) is 9.59 Å². The van der Waals surface area contributed by atoms with E-state index >= 15 is 0 Å². The number of methoxy groups -OCH3 is 1. The molecule has 0 aliphatic carbocycles. The summed E-state index contributed by atoms with van der Waals surface area (Å²) in [7, 11) is 1.65. The number of esters is 1. The summed E-state index contributed by atoms with van der Waals surface area (Å²) in [6, 6.07) is 11.9. The van der Waals surface area contributed by atoms with Crippen LogP contribution in [0.25, 0.3) is 10.2 Å². The number of hydrogen-bond donors (Lipinski definition) is 0. The zero-order valence-electron chi connectivity index (χ0n) is 17.6. The molecule has 2 aromatic heterocycles. The highest BCUT2D eigenvalue weighted by atomic mass is 79.9. The first-order valence-electron chi connectivity index (χ1n) is 10.4. The highest BCUT2D eigenvalue weighted by Gasteiger charge is 2.31. The zero-order valence-corrected chi connectivity index (χ0v) is 20.0. The molecule has 3 aromatic rings. The number of amides is 1. The molecule has 31 heavy (non-hydrogen) atoms. The average Bonchev–Trinajstić information content (AvgIpc) is 3.30. The molecule has 8 heteroatoms. The van der Waals surface area contributed by atoms with E-state index in [2.05, 4.69) is 26.6 Å². The first-order chi connectivity index (χ1) is 15.0. The van der Waals surface area contributed by atoms with Crippen LogP contribution in [0.4, 0.5) is 0 Å². The van der Waals surface area contributed by atoms with Crippen LogP contribution in [0.2, 0.25) is 0 Å². The van der Waals surface area contributed by atoms with Crippen molar-refractivity contribution in [1.82, 2.24) is 9.47 Å². The SMILES string of the molecule is CCOC(=O)C1CCCN(C(=O)c2cc3sc(Br)cc3n2Cc2ccc(OC)cc2)C1.